The molecule has 0 radical (unpaired) electrons. The third kappa shape index (κ3) is 0.767. The number of halogens is 1. The lowest BCUT2D eigenvalue weighted by molar-refractivity contribution is 0.488. The maximum atomic E-state index is 10.2. The van der Waals surface area contributed by atoms with Crippen molar-refractivity contribution in [1.82, 2.24) is 4.98 Å². The fourth-order valence-electron chi connectivity index (χ4n) is 0.387. The highest BCUT2D eigenvalue weighted by molar-refractivity contribution is 6.29. The molecule has 1 rings (SSSR count). The molecule has 0 aliphatic rings. The second kappa shape index (κ2) is 1.67. The van der Waals surface area contributed by atoms with E-state index in [1.807, 2.05) is 0 Å². The zero-order valence-electron chi connectivity index (χ0n) is 4.19. The highest BCUT2D eigenvalue weighted by Crippen LogP contribution is 2.06. The minimum Gasteiger partial charge on any atom is -0.412 e. The van der Waals surface area contributed by atoms with Crippen molar-refractivity contribution >= 4 is 11.6 Å². The van der Waals surface area contributed by atoms with Gasteiger partial charge in [-0.05, 0) is 6.92 Å². The Morgan fingerprint density at radius 2 is 2.38 bits per heavy atom. The Bertz CT molecular complexity index is 214. The summed E-state index contributed by atoms with van der Waals surface area (Å²) in [5.41, 5.74) is 0. The Kier molecular flexibility index (Phi) is 1.13. The van der Waals surface area contributed by atoms with Gasteiger partial charge in [-0.25, -0.2) is 4.79 Å². The molecule has 8 heavy (non-hydrogen) atoms. The molecule has 1 heterocycles. The summed E-state index contributed by atoms with van der Waals surface area (Å²) >= 11 is 5.38. The minimum atomic E-state index is -0.507. The quantitative estimate of drug-likeness (QED) is 0.572. The van der Waals surface area contributed by atoms with Crippen LogP contribution in [0.15, 0.2) is 9.21 Å². The predicted molar refractivity (Wildman–Crippen MR) is 29.1 cm³/mol. The Labute approximate surface area is 50.3 Å². The van der Waals surface area contributed by atoms with Crippen LogP contribution in [0.4, 0.5) is 0 Å². The first-order chi connectivity index (χ1) is 3.70. The third-order valence-corrected chi connectivity index (χ3v) is 1.13. The van der Waals surface area contributed by atoms with Crippen LogP contribution >= 0.6 is 11.6 Å². The maximum absolute atomic E-state index is 10.2. The number of aryl methyl sites for hydroxylation is 1. The van der Waals surface area contributed by atoms with Crippen LogP contribution in [0.25, 0.3) is 0 Å². The van der Waals surface area contributed by atoms with Gasteiger partial charge in [0.25, 0.3) is 0 Å². The van der Waals surface area contributed by atoms with Crippen LogP contribution in [-0.2, 0) is 0 Å². The summed E-state index contributed by atoms with van der Waals surface area (Å²) in [6, 6.07) is 0. The predicted octanol–water partition coefficient (Wildman–Crippen LogP) is 0.930. The summed E-state index contributed by atoms with van der Waals surface area (Å²) in [5, 5.41) is 0.273. The van der Waals surface area contributed by atoms with E-state index in [9.17, 15) is 4.79 Å². The van der Waals surface area contributed by atoms with Gasteiger partial charge in [-0.3, -0.25) is 4.98 Å². The number of oxazole rings is 1. The molecular weight excluding hydrogens is 130 g/mol. The molecule has 0 fully saturated rings. The van der Waals surface area contributed by atoms with Gasteiger partial charge in [0.2, 0.25) is 0 Å². The highest BCUT2D eigenvalue weighted by atomic mass is 35.5. The molecule has 0 aliphatic carbocycles. The van der Waals surface area contributed by atoms with E-state index in [1.54, 1.807) is 6.92 Å². The third-order valence-electron chi connectivity index (χ3n) is 0.767. The number of hydrogen-bond donors (Lipinski definition) is 1. The van der Waals surface area contributed by atoms with Crippen molar-refractivity contribution in [1.29, 1.82) is 0 Å². The lowest BCUT2D eigenvalue weighted by Gasteiger charge is -1.74. The molecule has 44 valence electrons. The number of aromatic nitrogens is 1. The fourth-order valence-corrected chi connectivity index (χ4v) is 0.503. The van der Waals surface area contributed by atoms with E-state index >= 15 is 0 Å². The van der Waals surface area contributed by atoms with Crippen molar-refractivity contribution in [2.45, 2.75) is 6.92 Å². The first-order valence-electron chi connectivity index (χ1n) is 2.05. The summed E-state index contributed by atoms with van der Waals surface area (Å²) in [4.78, 5) is 12.5. The van der Waals surface area contributed by atoms with Gasteiger partial charge < -0.3 is 4.42 Å². The molecule has 0 saturated carbocycles. The molecule has 1 aromatic rings. The van der Waals surface area contributed by atoms with Gasteiger partial charge in [-0.1, -0.05) is 11.6 Å². The largest absolute Gasteiger partial charge is 0.417 e. The van der Waals surface area contributed by atoms with Crippen LogP contribution in [0, 0.1) is 6.92 Å². The summed E-state index contributed by atoms with van der Waals surface area (Å²) in [6.45, 7) is 1.61. The second-order valence-electron chi connectivity index (χ2n) is 1.38. The zero-order chi connectivity index (χ0) is 6.15. The zero-order valence-corrected chi connectivity index (χ0v) is 4.95. The molecule has 1 aromatic heterocycles. The van der Waals surface area contributed by atoms with E-state index in [1.165, 1.54) is 0 Å². The van der Waals surface area contributed by atoms with Crippen LogP contribution < -0.4 is 5.76 Å². The molecule has 0 atom stereocenters. The van der Waals surface area contributed by atoms with Gasteiger partial charge in [0, 0.05) is 0 Å². The molecule has 0 unspecified atom stereocenters. The molecule has 0 saturated heterocycles. The lowest BCUT2D eigenvalue weighted by atomic mass is 10.6. The van der Waals surface area contributed by atoms with Crippen LogP contribution in [-0.4, -0.2) is 4.98 Å². The van der Waals surface area contributed by atoms with Crippen LogP contribution in [0.5, 0.6) is 0 Å². The van der Waals surface area contributed by atoms with Crippen molar-refractivity contribution < 1.29 is 4.42 Å². The molecular formula is C4H4ClNO2. The molecule has 0 aliphatic heterocycles. The van der Waals surface area contributed by atoms with Gasteiger partial charge in [0.1, 0.15) is 10.9 Å². The maximum Gasteiger partial charge on any atom is 0.417 e. The van der Waals surface area contributed by atoms with Crippen molar-refractivity contribution in [3.05, 3.63) is 21.5 Å². The van der Waals surface area contributed by atoms with Crippen LogP contribution in [0.3, 0.4) is 0 Å². The summed E-state index contributed by atoms with van der Waals surface area (Å²) in [7, 11) is 0. The minimum absolute atomic E-state index is 0.273. The number of nitrogens with one attached hydrogen (secondary N) is 1. The Morgan fingerprint density at radius 1 is 1.75 bits per heavy atom. The number of hydrogen-bond acceptors (Lipinski definition) is 2. The van der Waals surface area contributed by atoms with Crippen molar-refractivity contribution in [2.24, 2.45) is 0 Å². The highest BCUT2D eigenvalue weighted by Gasteiger charge is 1.97. The van der Waals surface area contributed by atoms with E-state index < -0.39 is 5.76 Å². The molecule has 3 nitrogen and oxygen atoms in total. The van der Waals surface area contributed by atoms with Gasteiger partial charge in [0.15, 0.2) is 0 Å². The van der Waals surface area contributed by atoms with Crippen molar-refractivity contribution in [3.63, 3.8) is 0 Å². The Balaban J connectivity index is 3.35. The lowest BCUT2D eigenvalue weighted by Crippen LogP contribution is -1.93. The Morgan fingerprint density at radius 3 is 2.50 bits per heavy atom. The summed E-state index contributed by atoms with van der Waals surface area (Å²) < 4.78 is 4.47. The van der Waals surface area contributed by atoms with E-state index in [0.717, 1.165) is 0 Å². The molecule has 0 bridgehead atoms. The van der Waals surface area contributed by atoms with Crippen LogP contribution in [0.1, 0.15) is 5.76 Å². The average Bonchev–Trinajstić information content (AvgIpc) is 1.85. The van der Waals surface area contributed by atoms with E-state index in [2.05, 4.69) is 9.40 Å². The summed E-state index contributed by atoms with van der Waals surface area (Å²) in [5.74, 6) is -0.0795. The molecule has 4 heteroatoms. The SMILES string of the molecule is Cc1oc(=O)[nH]c1Cl. The first-order valence-corrected chi connectivity index (χ1v) is 2.43. The topological polar surface area (TPSA) is 46.0 Å². The molecule has 1 N–H and O–H groups in total. The smallest absolute Gasteiger partial charge is 0.412 e. The molecule has 0 aromatic carbocycles. The normalized spacial score (nSPS) is 9.75. The van der Waals surface area contributed by atoms with Gasteiger partial charge in [0.05, 0.1) is 0 Å². The van der Waals surface area contributed by atoms with E-state index in [-0.39, 0.29) is 5.15 Å². The monoisotopic (exact) mass is 133 g/mol. The Hall–Kier alpha value is -0.700. The van der Waals surface area contributed by atoms with E-state index in [4.69, 9.17) is 11.6 Å². The molecule has 0 amide bonds. The standard InChI is InChI=1S/C4H4ClNO2/c1-2-3(5)6-4(7)8-2/h1H3,(H,6,7). The van der Waals surface area contributed by atoms with Gasteiger partial charge in [-0.15, -0.1) is 0 Å². The van der Waals surface area contributed by atoms with Crippen molar-refractivity contribution in [2.75, 3.05) is 0 Å². The number of aromatic amines is 1. The van der Waals surface area contributed by atoms with E-state index in [0.29, 0.717) is 5.76 Å². The fraction of sp³-hybridized carbons (Fsp3) is 0.250. The van der Waals surface area contributed by atoms with Gasteiger partial charge in [-0.2, -0.15) is 0 Å². The van der Waals surface area contributed by atoms with Gasteiger partial charge >= 0.3 is 5.76 Å². The average molecular weight is 134 g/mol. The first kappa shape index (κ1) is 5.44. The molecule has 0 spiro atoms. The van der Waals surface area contributed by atoms with Crippen molar-refractivity contribution in [3.8, 4) is 0 Å². The summed E-state index contributed by atoms with van der Waals surface area (Å²) in [6.07, 6.45) is 0. The van der Waals surface area contributed by atoms with Crippen LogP contribution in [0.2, 0.25) is 5.15 Å². The number of rotatable bonds is 0. The second-order valence-corrected chi connectivity index (χ2v) is 1.76. The number of H-pyrrole nitrogens is 1.